The molecule has 4 aromatic carbocycles. The van der Waals surface area contributed by atoms with Gasteiger partial charge in [-0.05, 0) is 56.3 Å². The summed E-state index contributed by atoms with van der Waals surface area (Å²) in [5.41, 5.74) is 4.10. The van der Waals surface area contributed by atoms with Crippen LogP contribution in [0, 0.1) is 13.8 Å². The second-order valence-corrected chi connectivity index (χ2v) is 10.9. The molecule has 0 bridgehead atoms. The predicted octanol–water partition coefficient (Wildman–Crippen LogP) is 7.00. The van der Waals surface area contributed by atoms with E-state index in [0.29, 0.717) is 22.5 Å². The Hall–Kier alpha value is -3.81. The van der Waals surface area contributed by atoms with Crippen LogP contribution in [0.1, 0.15) is 27.0 Å². The SMILES string of the molecule is Cc1ccc(SCC(=O)Nc2ccc(C(=O)c3ccccc3)cc2NC(=O)CSc2ccc(C)cc2)cc1. The smallest absolute Gasteiger partial charge is 0.234 e. The van der Waals surface area contributed by atoms with E-state index in [9.17, 15) is 14.4 Å². The standard InChI is InChI=1S/C31H28N2O3S2/c1-21-8-13-25(14-9-21)37-19-29(34)32-27-17-12-24(31(36)23-6-4-3-5-7-23)18-28(27)33-30(35)20-38-26-15-10-22(2)11-16-26/h3-18H,19-20H2,1-2H3,(H,32,34)(H,33,35). The van der Waals surface area contributed by atoms with Crippen molar-refractivity contribution in [3.8, 4) is 0 Å². The van der Waals surface area contributed by atoms with E-state index in [1.54, 1.807) is 42.5 Å². The quantitative estimate of drug-likeness (QED) is 0.167. The van der Waals surface area contributed by atoms with Crippen LogP contribution >= 0.6 is 23.5 Å². The Labute approximate surface area is 231 Å². The first-order valence-electron chi connectivity index (χ1n) is 12.1. The van der Waals surface area contributed by atoms with Crippen LogP contribution in [0.15, 0.2) is 107 Å². The fourth-order valence-corrected chi connectivity index (χ4v) is 4.99. The molecule has 0 aliphatic heterocycles. The number of nitrogens with one attached hydrogen (secondary N) is 2. The first-order valence-corrected chi connectivity index (χ1v) is 14.1. The number of amides is 2. The zero-order valence-electron chi connectivity index (χ0n) is 21.2. The highest BCUT2D eigenvalue weighted by molar-refractivity contribution is 8.00. The normalized spacial score (nSPS) is 10.6. The van der Waals surface area contributed by atoms with Crippen LogP contribution in [0.25, 0.3) is 0 Å². The maximum absolute atomic E-state index is 13.0. The van der Waals surface area contributed by atoms with E-state index in [2.05, 4.69) is 10.6 Å². The van der Waals surface area contributed by atoms with Crippen LogP contribution in [0.4, 0.5) is 11.4 Å². The van der Waals surface area contributed by atoms with Crippen LogP contribution in [0.5, 0.6) is 0 Å². The average Bonchev–Trinajstić information content (AvgIpc) is 2.93. The van der Waals surface area contributed by atoms with Gasteiger partial charge in [0.15, 0.2) is 5.78 Å². The maximum Gasteiger partial charge on any atom is 0.234 e. The minimum Gasteiger partial charge on any atom is -0.324 e. The highest BCUT2D eigenvalue weighted by atomic mass is 32.2. The van der Waals surface area contributed by atoms with Crippen LogP contribution in [0.2, 0.25) is 0 Å². The molecule has 0 aliphatic rings. The highest BCUT2D eigenvalue weighted by Gasteiger charge is 2.15. The Morgan fingerprint density at radius 3 is 1.61 bits per heavy atom. The van der Waals surface area contributed by atoms with Gasteiger partial charge in [0, 0.05) is 20.9 Å². The molecular weight excluding hydrogens is 512 g/mol. The Kier molecular flexibility index (Phi) is 9.40. The van der Waals surface area contributed by atoms with Crippen molar-refractivity contribution in [1.82, 2.24) is 0 Å². The number of rotatable bonds is 10. The van der Waals surface area contributed by atoms with Crippen molar-refractivity contribution in [2.75, 3.05) is 22.1 Å². The summed E-state index contributed by atoms with van der Waals surface area (Å²) >= 11 is 2.85. The Bertz CT molecular complexity index is 1420. The lowest BCUT2D eigenvalue weighted by Gasteiger charge is -2.14. The fraction of sp³-hybridized carbons (Fsp3) is 0.129. The van der Waals surface area contributed by atoms with Gasteiger partial charge in [-0.15, -0.1) is 23.5 Å². The average molecular weight is 541 g/mol. The fourth-order valence-electron chi connectivity index (χ4n) is 3.59. The summed E-state index contributed by atoms with van der Waals surface area (Å²) < 4.78 is 0. The van der Waals surface area contributed by atoms with Gasteiger partial charge in [-0.1, -0.05) is 65.7 Å². The minimum atomic E-state index is -0.232. The topological polar surface area (TPSA) is 75.3 Å². The maximum atomic E-state index is 13.0. The summed E-state index contributed by atoms with van der Waals surface area (Å²) in [7, 11) is 0. The summed E-state index contributed by atoms with van der Waals surface area (Å²) in [6, 6.07) is 29.8. The summed E-state index contributed by atoms with van der Waals surface area (Å²) in [5, 5.41) is 5.78. The number of carbonyl (C=O) groups excluding carboxylic acids is 3. The van der Waals surface area contributed by atoms with Gasteiger partial charge in [-0.2, -0.15) is 0 Å². The first-order chi connectivity index (χ1) is 18.4. The minimum absolute atomic E-state index is 0.164. The molecule has 0 fully saturated rings. The van der Waals surface area contributed by atoms with Crippen molar-refractivity contribution >= 4 is 52.5 Å². The number of hydrogen-bond donors (Lipinski definition) is 2. The van der Waals surface area contributed by atoms with E-state index in [1.807, 2.05) is 68.4 Å². The second-order valence-electron chi connectivity index (χ2n) is 8.76. The van der Waals surface area contributed by atoms with Crippen molar-refractivity contribution < 1.29 is 14.4 Å². The van der Waals surface area contributed by atoms with Gasteiger partial charge in [-0.3, -0.25) is 14.4 Å². The van der Waals surface area contributed by atoms with E-state index in [4.69, 9.17) is 0 Å². The van der Waals surface area contributed by atoms with Crippen LogP contribution < -0.4 is 10.6 Å². The molecule has 0 aliphatic carbocycles. The molecule has 2 N–H and O–H groups in total. The van der Waals surface area contributed by atoms with Crippen LogP contribution in [0.3, 0.4) is 0 Å². The van der Waals surface area contributed by atoms with Gasteiger partial charge in [0.25, 0.3) is 0 Å². The van der Waals surface area contributed by atoms with Gasteiger partial charge in [0.1, 0.15) is 0 Å². The Balaban J connectivity index is 1.48. The molecule has 4 aromatic rings. The van der Waals surface area contributed by atoms with Gasteiger partial charge in [-0.25, -0.2) is 0 Å². The third-order valence-electron chi connectivity index (χ3n) is 5.65. The molecule has 0 radical (unpaired) electrons. The monoisotopic (exact) mass is 540 g/mol. The number of hydrogen-bond acceptors (Lipinski definition) is 5. The molecule has 0 saturated heterocycles. The molecule has 0 aromatic heterocycles. The molecule has 192 valence electrons. The molecule has 0 unspecified atom stereocenters. The van der Waals surface area contributed by atoms with E-state index < -0.39 is 0 Å². The highest BCUT2D eigenvalue weighted by Crippen LogP contribution is 2.27. The first kappa shape index (κ1) is 27.2. The molecule has 0 spiro atoms. The van der Waals surface area contributed by atoms with Crippen molar-refractivity contribution in [2.24, 2.45) is 0 Å². The van der Waals surface area contributed by atoms with Gasteiger partial charge in [0.2, 0.25) is 11.8 Å². The van der Waals surface area contributed by atoms with Crippen molar-refractivity contribution in [3.05, 3.63) is 119 Å². The van der Waals surface area contributed by atoms with Crippen molar-refractivity contribution in [2.45, 2.75) is 23.6 Å². The number of benzene rings is 4. The molecule has 0 atom stereocenters. The number of ketones is 1. The summed E-state index contributed by atoms with van der Waals surface area (Å²) in [4.78, 5) is 40.6. The lowest BCUT2D eigenvalue weighted by molar-refractivity contribution is -0.114. The lowest BCUT2D eigenvalue weighted by Crippen LogP contribution is -2.19. The van der Waals surface area contributed by atoms with E-state index in [1.165, 1.54) is 23.5 Å². The van der Waals surface area contributed by atoms with E-state index in [0.717, 1.165) is 20.9 Å². The molecule has 5 nitrogen and oxygen atoms in total. The number of thioether (sulfide) groups is 2. The van der Waals surface area contributed by atoms with Crippen LogP contribution in [-0.2, 0) is 9.59 Å². The molecule has 4 rings (SSSR count). The third-order valence-corrected chi connectivity index (χ3v) is 7.67. The summed E-state index contributed by atoms with van der Waals surface area (Å²) in [6.07, 6.45) is 0. The molecular formula is C31H28N2O3S2. The molecule has 0 saturated carbocycles. The summed E-state index contributed by atoms with van der Waals surface area (Å²) in [5.74, 6) is -0.198. The lowest BCUT2D eigenvalue weighted by atomic mass is 10.0. The van der Waals surface area contributed by atoms with Gasteiger partial charge >= 0.3 is 0 Å². The third kappa shape index (κ3) is 7.84. The Morgan fingerprint density at radius 2 is 1.08 bits per heavy atom. The predicted molar refractivity (Wildman–Crippen MR) is 157 cm³/mol. The second kappa shape index (κ2) is 13.1. The number of carbonyl (C=O) groups is 3. The number of anilines is 2. The molecule has 2 amide bonds. The van der Waals surface area contributed by atoms with Gasteiger partial charge < -0.3 is 10.6 Å². The van der Waals surface area contributed by atoms with Crippen molar-refractivity contribution in [3.63, 3.8) is 0 Å². The zero-order valence-corrected chi connectivity index (χ0v) is 22.8. The van der Waals surface area contributed by atoms with Gasteiger partial charge in [0.05, 0.1) is 22.9 Å². The molecule has 7 heteroatoms. The number of aryl methyl sites for hydroxylation is 2. The van der Waals surface area contributed by atoms with Crippen LogP contribution in [-0.4, -0.2) is 29.1 Å². The summed E-state index contributed by atoms with van der Waals surface area (Å²) in [6.45, 7) is 4.03. The Morgan fingerprint density at radius 1 is 0.579 bits per heavy atom. The zero-order chi connectivity index (χ0) is 26.9. The van der Waals surface area contributed by atoms with Crippen molar-refractivity contribution in [1.29, 1.82) is 0 Å². The van der Waals surface area contributed by atoms with E-state index in [-0.39, 0.29) is 29.1 Å². The largest absolute Gasteiger partial charge is 0.324 e. The van der Waals surface area contributed by atoms with E-state index >= 15 is 0 Å². The molecule has 38 heavy (non-hydrogen) atoms. The molecule has 0 heterocycles.